The Kier molecular flexibility index (Phi) is 19.3. The Morgan fingerprint density at radius 1 is 0.506 bits per heavy atom. The molecule has 420 valence electrons. The third-order valence-corrected chi connectivity index (χ3v) is 13.3. The van der Waals surface area contributed by atoms with Crippen molar-refractivity contribution < 1.29 is 47.9 Å². The van der Waals surface area contributed by atoms with E-state index in [2.05, 4.69) is 63.8 Å². The SMILES string of the molecule is CCCc1ccccc1Nc1c(C(N)=O)cnc2cc(OC)c(OC)cc12.COc1cc2ncc(C(N)=O)c(Nc3ccc(CO)cc3C)c2cc1OC.COc1cc2ncc(C(N)=O)c(Nc3ccccc3C(C)C)c2cc1OC. The lowest BCUT2D eigenvalue weighted by molar-refractivity contribution is 0.0992. The van der Waals surface area contributed by atoms with Crippen LogP contribution in [0.1, 0.15) is 86.4 Å². The number of fused-ring (bicyclic) bond motifs is 3. The first-order valence-corrected chi connectivity index (χ1v) is 25.7. The van der Waals surface area contributed by atoms with Gasteiger partial charge in [-0.05, 0) is 77.9 Å². The molecular weight excluding hydrogens is 1030 g/mol. The molecule has 9 rings (SSSR count). The number of carbonyl (C=O) groups excluding carboxylic acids is 3. The van der Waals surface area contributed by atoms with Gasteiger partial charge in [0.05, 0.1) is 99.6 Å². The molecule has 3 aromatic heterocycles. The molecule has 19 nitrogen and oxygen atoms in total. The van der Waals surface area contributed by atoms with Crippen LogP contribution >= 0.6 is 0 Å². The Morgan fingerprint density at radius 3 is 1.25 bits per heavy atom. The zero-order valence-electron chi connectivity index (χ0n) is 46.9. The number of pyridine rings is 3. The summed E-state index contributed by atoms with van der Waals surface area (Å²) in [6.45, 7) is 8.24. The van der Waals surface area contributed by atoms with Crippen LogP contribution < -0.4 is 61.6 Å². The first-order chi connectivity index (χ1) is 39.0. The Hall–Kier alpha value is -9.88. The molecule has 0 aliphatic rings. The first-order valence-electron chi connectivity index (χ1n) is 25.7. The van der Waals surface area contributed by atoms with E-state index in [1.807, 2.05) is 61.5 Å². The molecule has 0 saturated carbocycles. The van der Waals surface area contributed by atoms with Gasteiger partial charge in [-0.1, -0.05) is 75.7 Å². The number of ether oxygens (including phenoxy) is 6. The molecular formula is C62H67N9O10. The van der Waals surface area contributed by atoms with Crippen molar-refractivity contribution in [1.82, 2.24) is 15.0 Å². The summed E-state index contributed by atoms with van der Waals surface area (Å²) >= 11 is 0. The van der Waals surface area contributed by atoms with Gasteiger partial charge in [0, 0.05) is 70.0 Å². The summed E-state index contributed by atoms with van der Waals surface area (Å²) in [4.78, 5) is 49.1. The van der Waals surface area contributed by atoms with E-state index >= 15 is 0 Å². The van der Waals surface area contributed by atoms with E-state index in [-0.39, 0.29) is 12.2 Å². The molecule has 0 aliphatic carbocycles. The Morgan fingerprint density at radius 2 is 0.877 bits per heavy atom. The fraction of sp³-hybridized carbons (Fsp3) is 0.226. The summed E-state index contributed by atoms with van der Waals surface area (Å²) in [5, 5.41) is 21.5. The van der Waals surface area contributed by atoms with E-state index < -0.39 is 17.7 Å². The second kappa shape index (κ2) is 26.6. The van der Waals surface area contributed by atoms with E-state index in [1.54, 1.807) is 79.1 Å². The van der Waals surface area contributed by atoms with Gasteiger partial charge in [0.15, 0.2) is 34.5 Å². The minimum atomic E-state index is -0.591. The van der Waals surface area contributed by atoms with Gasteiger partial charge in [-0.3, -0.25) is 29.3 Å². The van der Waals surface area contributed by atoms with Crippen LogP contribution in [0.2, 0.25) is 0 Å². The number of hydrogen-bond donors (Lipinski definition) is 7. The number of aryl methyl sites for hydroxylation is 2. The number of aromatic nitrogens is 3. The number of para-hydroxylation sites is 2. The third kappa shape index (κ3) is 13.2. The molecule has 0 saturated heterocycles. The van der Waals surface area contributed by atoms with Crippen LogP contribution in [0.15, 0.2) is 122 Å². The summed E-state index contributed by atoms with van der Waals surface area (Å²) in [5.74, 6) is 1.92. The molecule has 0 bridgehead atoms. The largest absolute Gasteiger partial charge is 0.493 e. The average Bonchev–Trinajstić information content (AvgIpc) is 3.47. The highest BCUT2D eigenvalue weighted by molar-refractivity contribution is 6.10. The molecule has 0 aliphatic heterocycles. The summed E-state index contributed by atoms with van der Waals surface area (Å²) in [6.07, 6.45) is 6.35. The molecule has 6 aromatic carbocycles. The second-order valence-corrected chi connectivity index (χ2v) is 18.7. The van der Waals surface area contributed by atoms with Gasteiger partial charge in [-0.15, -0.1) is 0 Å². The lowest BCUT2D eigenvalue weighted by atomic mass is 10.00. The molecule has 0 atom stereocenters. The van der Waals surface area contributed by atoms with Crippen LogP contribution in [0, 0.1) is 6.92 Å². The van der Waals surface area contributed by atoms with Gasteiger partial charge >= 0.3 is 0 Å². The maximum Gasteiger partial charge on any atom is 0.252 e. The average molecular weight is 1100 g/mol. The van der Waals surface area contributed by atoms with Crippen LogP contribution in [0.5, 0.6) is 34.5 Å². The maximum atomic E-state index is 12.0. The van der Waals surface area contributed by atoms with E-state index in [4.69, 9.17) is 45.6 Å². The smallest absolute Gasteiger partial charge is 0.252 e. The van der Waals surface area contributed by atoms with Gasteiger partial charge in [0.25, 0.3) is 17.7 Å². The number of anilines is 6. The fourth-order valence-corrected chi connectivity index (χ4v) is 9.13. The Bertz CT molecular complexity index is 3780. The highest BCUT2D eigenvalue weighted by Gasteiger charge is 2.21. The van der Waals surface area contributed by atoms with Crippen molar-refractivity contribution >= 4 is 84.6 Å². The van der Waals surface area contributed by atoms with E-state index in [0.29, 0.717) is 90.5 Å². The van der Waals surface area contributed by atoms with Crippen molar-refractivity contribution in [2.75, 3.05) is 58.6 Å². The second-order valence-electron chi connectivity index (χ2n) is 18.7. The predicted octanol–water partition coefficient (Wildman–Crippen LogP) is 11.2. The maximum absolute atomic E-state index is 12.0. The number of amides is 3. The van der Waals surface area contributed by atoms with Crippen LogP contribution in [0.4, 0.5) is 34.1 Å². The lowest BCUT2D eigenvalue weighted by Gasteiger charge is -2.18. The zero-order chi connectivity index (χ0) is 58.5. The Labute approximate surface area is 469 Å². The quantitative estimate of drug-likeness (QED) is 0.0396. The number of aliphatic hydroxyl groups excluding tert-OH is 1. The lowest BCUT2D eigenvalue weighted by Crippen LogP contribution is -2.14. The zero-order valence-corrected chi connectivity index (χ0v) is 46.9. The first kappa shape index (κ1) is 58.8. The predicted molar refractivity (Wildman–Crippen MR) is 318 cm³/mol. The summed E-state index contributed by atoms with van der Waals surface area (Å²) < 4.78 is 32.2. The van der Waals surface area contributed by atoms with Crippen molar-refractivity contribution in [1.29, 1.82) is 0 Å². The Balaban J connectivity index is 0.000000175. The molecule has 81 heavy (non-hydrogen) atoms. The van der Waals surface area contributed by atoms with E-state index in [9.17, 15) is 19.5 Å². The number of hydrogen-bond acceptors (Lipinski definition) is 16. The normalized spacial score (nSPS) is 10.7. The number of carbonyl (C=O) groups is 3. The molecule has 0 fully saturated rings. The highest BCUT2D eigenvalue weighted by Crippen LogP contribution is 2.41. The van der Waals surface area contributed by atoms with Gasteiger partial charge < -0.3 is 66.7 Å². The van der Waals surface area contributed by atoms with Crippen molar-refractivity contribution in [2.24, 2.45) is 17.2 Å². The number of aliphatic hydroxyl groups is 1. The van der Waals surface area contributed by atoms with Crippen molar-refractivity contribution in [2.45, 2.75) is 53.1 Å². The minimum absolute atomic E-state index is 0.0389. The fourth-order valence-electron chi connectivity index (χ4n) is 9.13. The van der Waals surface area contributed by atoms with Crippen LogP contribution in [0.25, 0.3) is 32.7 Å². The van der Waals surface area contributed by atoms with Gasteiger partial charge in [0.1, 0.15) is 0 Å². The summed E-state index contributed by atoms with van der Waals surface area (Å²) in [6, 6.07) is 32.2. The van der Waals surface area contributed by atoms with Crippen molar-refractivity contribution in [3.05, 3.63) is 161 Å². The highest BCUT2D eigenvalue weighted by atomic mass is 16.5. The molecule has 0 radical (unpaired) electrons. The number of nitrogens with one attached hydrogen (secondary N) is 3. The molecule has 0 spiro atoms. The topological polar surface area (TPSA) is 280 Å². The van der Waals surface area contributed by atoms with Gasteiger partial charge in [-0.2, -0.15) is 0 Å². The minimum Gasteiger partial charge on any atom is -0.493 e. The molecule has 0 unspecified atom stereocenters. The van der Waals surface area contributed by atoms with Crippen LogP contribution in [-0.2, 0) is 13.0 Å². The van der Waals surface area contributed by atoms with Gasteiger partial charge in [-0.25, -0.2) is 0 Å². The van der Waals surface area contributed by atoms with Crippen molar-refractivity contribution in [3.8, 4) is 34.5 Å². The van der Waals surface area contributed by atoms with Crippen LogP contribution in [0.3, 0.4) is 0 Å². The summed E-state index contributed by atoms with van der Waals surface area (Å²) in [7, 11) is 9.36. The standard InChI is InChI=1S/2C21H23N3O3.C20H21N3O4/c1-12(2)13-7-5-6-8-16(13)24-20-14-9-18(26-3)19(27-4)10-17(14)23-11-15(20)21(22)25;1-4-7-13-8-5-6-9-16(13)24-20-14-10-18(26-2)19(27-3)11-17(14)23-12-15(20)21(22)25;1-11-6-12(10-24)4-5-15(11)23-19-13-7-17(26-2)18(27-3)8-16(13)22-9-14(19)20(21)25/h5-12H,1-4H3,(H2,22,25)(H,23,24);5-6,8-12H,4,7H2,1-3H3,(H2,22,25)(H,23,24);4-9,24H,10H2,1-3H3,(H2,21,25)(H,22,23). The third-order valence-electron chi connectivity index (χ3n) is 13.3. The number of rotatable bonds is 19. The molecule has 3 amide bonds. The van der Waals surface area contributed by atoms with E-state index in [1.165, 1.54) is 24.2 Å². The molecule has 19 heteroatoms. The number of benzene rings is 6. The number of methoxy groups -OCH3 is 6. The monoisotopic (exact) mass is 1100 g/mol. The molecule has 10 N–H and O–H groups in total. The number of nitrogens with zero attached hydrogens (tertiary/aromatic N) is 3. The molecule has 9 aromatic rings. The van der Waals surface area contributed by atoms with Crippen LogP contribution in [-0.4, -0.2) is 80.4 Å². The number of primary amides is 3. The number of nitrogens with two attached hydrogens (primary N) is 3. The van der Waals surface area contributed by atoms with E-state index in [0.717, 1.165) is 57.4 Å². The van der Waals surface area contributed by atoms with Gasteiger partial charge in [0.2, 0.25) is 0 Å². The summed E-state index contributed by atoms with van der Waals surface area (Å²) in [5.41, 5.74) is 28.1. The molecule has 3 heterocycles. The van der Waals surface area contributed by atoms with Crippen molar-refractivity contribution in [3.63, 3.8) is 0 Å².